The minimum atomic E-state index is -0.600. The van der Waals surface area contributed by atoms with Crippen LogP contribution in [0.2, 0.25) is 0 Å². The van der Waals surface area contributed by atoms with Crippen molar-refractivity contribution in [2.24, 2.45) is 5.41 Å². The van der Waals surface area contributed by atoms with Crippen molar-refractivity contribution in [3.05, 3.63) is 0 Å². The number of carbonyl (C=O) groups excluding carboxylic acids is 1. The highest BCUT2D eigenvalue weighted by molar-refractivity contribution is 5.59. The smallest absolute Gasteiger partial charge is 0.438 e. The van der Waals surface area contributed by atoms with Gasteiger partial charge in [-0.15, -0.1) is 0 Å². The molecule has 3 heteroatoms. The Morgan fingerprint density at radius 3 is 2.17 bits per heavy atom. The first kappa shape index (κ1) is 11.3. The minimum Gasteiger partial charge on any atom is -0.438 e. The van der Waals surface area contributed by atoms with Crippen LogP contribution in [-0.2, 0) is 9.47 Å². The normalized spacial score (nSPS) is 13.8. The zero-order chi connectivity index (χ0) is 9.78. The average Bonchev–Trinajstić information content (AvgIpc) is 1.97. The van der Waals surface area contributed by atoms with Crippen LogP contribution in [-0.4, -0.2) is 19.4 Å². The maximum atomic E-state index is 10.8. The molecule has 0 saturated carbocycles. The average molecular weight is 174 g/mol. The van der Waals surface area contributed by atoms with E-state index in [1.54, 1.807) is 0 Å². The van der Waals surface area contributed by atoms with Crippen molar-refractivity contribution in [1.29, 1.82) is 0 Å². The number of methoxy groups -OCH3 is 1. The van der Waals surface area contributed by atoms with Crippen molar-refractivity contribution < 1.29 is 14.3 Å². The van der Waals surface area contributed by atoms with Gasteiger partial charge in [0, 0.05) is 0 Å². The third-order valence-corrected chi connectivity index (χ3v) is 1.74. The second-order valence-corrected chi connectivity index (χ2v) is 3.83. The summed E-state index contributed by atoms with van der Waals surface area (Å²) in [6, 6.07) is 0. The maximum Gasteiger partial charge on any atom is 0.508 e. The Morgan fingerprint density at radius 2 is 1.92 bits per heavy atom. The first-order chi connectivity index (χ1) is 5.41. The molecule has 0 aliphatic heterocycles. The molecule has 0 rings (SSSR count). The molecule has 3 nitrogen and oxygen atoms in total. The molecule has 72 valence electrons. The molecule has 0 bridgehead atoms. The molecule has 0 saturated heterocycles. The summed E-state index contributed by atoms with van der Waals surface area (Å²) < 4.78 is 9.47. The first-order valence-electron chi connectivity index (χ1n) is 4.16. The van der Waals surface area contributed by atoms with E-state index in [0.29, 0.717) is 0 Å². The molecule has 0 heterocycles. The van der Waals surface area contributed by atoms with Crippen LogP contribution in [0.3, 0.4) is 0 Å². The Balaban J connectivity index is 4.09. The third kappa shape index (κ3) is 3.60. The van der Waals surface area contributed by atoms with Gasteiger partial charge in [-0.3, -0.25) is 0 Å². The van der Waals surface area contributed by atoms with E-state index in [9.17, 15) is 4.79 Å². The van der Waals surface area contributed by atoms with E-state index in [2.05, 4.69) is 4.74 Å². The number of hydrogen-bond acceptors (Lipinski definition) is 3. The quantitative estimate of drug-likeness (QED) is 0.603. The lowest BCUT2D eigenvalue weighted by Crippen LogP contribution is -2.30. The van der Waals surface area contributed by atoms with Gasteiger partial charge in [0.15, 0.2) is 0 Å². The van der Waals surface area contributed by atoms with Crippen LogP contribution in [0.25, 0.3) is 0 Å². The van der Waals surface area contributed by atoms with E-state index in [-0.39, 0.29) is 11.5 Å². The third-order valence-electron chi connectivity index (χ3n) is 1.74. The Bertz CT molecular complexity index is 146. The fraction of sp³-hybridized carbons (Fsp3) is 0.889. The van der Waals surface area contributed by atoms with Gasteiger partial charge >= 0.3 is 6.16 Å². The van der Waals surface area contributed by atoms with Crippen molar-refractivity contribution in [1.82, 2.24) is 0 Å². The van der Waals surface area contributed by atoms with Crippen molar-refractivity contribution >= 4 is 6.16 Å². The van der Waals surface area contributed by atoms with Crippen LogP contribution < -0.4 is 0 Å². The lowest BCUT2D eigenvalue weighted by Gasteiger charge is -2.28. The molecule has 1 unspecified atom stereocenters. The first-order valence-corrected chi connectivity index (χ1v) is 4.16. The summed E-state index contributed by atoms with van der Waals surface area (Å²) in [4.78, 5) is 10.8. The van der Waals surface area contributed by atoms with Gasteiger partial charge in [0.2, 0.25) is 0 Å². The standard InChI is InChI=1S/C9H18O3/c1-6-7(9(2,3)4)12-8(10)11-5/h7H,6H2,1-5H3. The Kier molecular flexibility index (Phi) is 4.07. The molecule has 0 radical (unpaired) electrons. The fourth-order valence-corrected chi connectivity index (χ4v) is 1.04. The van der Waals surface area contributed by atoms with Gasteiger partial charge in [0.05, 0.1) is 7.11 Å². The number of hydrogen-bond donors (Lipinski definition) is 0. The summed E-state index contributed by atoms with van der Waals surface area (Å²) in [5.41, 5.74) is -0.0249. The van der Waals surface area contributed by atoms with Crippen molar-refractivity contribution in [2.45, 2.75) is 40.2 Å². The Labute approximate surface area is 74.0 Å². The zero-order valence-corrected chi connectivity index (χ0v) is 8.51. The van der Waals surface area contributed by atoms with Crippen LogP contribution in [0.1, 0.15) is 34.1 Å². The SMILES string of the molecule is CCC(OC(=O)OC)C(C)(C)C. The van der Waals surface area contributed by atoms with Crippen LogP contribution in [0.4, 0.5) is 4.79 Å². The van der Waals surface area contributed by atoms with Crippen molar-refractivity contribution in [3.8, 4) is 0 Å². The maximum absolute atomic E-state index is 10.8. The second-order valence-electron chi connectivity index (χ2n) is 3.83. The van der Waals surface area contributed by atoms with Crippen LogP contribution >= 0.6 is 0 Å². The number of ether oxygens (including phenoxy) is 2. The zero-order valence-electron chi connectivity index (χ0n) is 8.51. The summed E-state index contributed by atoms with van der Waals surface area (Å²) >= 11 is 0. The Hall–Kier alpha value is -0.730. The molecule has 0 spiro atoms. The summed E-state index contributed by atoms with van der Waals surface area (Å²) in [5, 5.41) is 0. The van der Waals surface area contributed by atoms with Gasteiger partial charge in [-0.1, -0.05) is 27.7 Å². The highest BCUT2D eigenvalue weighted by atomic mass is 16.7. The molecule has 0 aliphatic carbocycles. The van der Waals surface area contributed by atoms with Crippen molar-refractivity contribution in [2.75, 3.05) is 7.11 Å². The van der Waals surface area contributed by atoms with Gasteiger partial charge in [0.1, 0.15) is 6.10 Å². The van der Waals surface area contributed by atoms with E-state index < -0.39 is 6.16 Å². The molecule has 0 N–H and O–H groups in total. The van der Waals surface area contributed by atoms with Crippen LogP contribution in [0.5, 0.6) is 0 Å². The van der Waals surface area contributed by atoms with Gasteiger partial charge < -0.3 is 9.47 Å². The molecule has 1 atom stereocenters. The summed E-state index contributed by atoms with van der Waals surface area (Å²) in [7, 11) is 1.32. The molecule has 0 aromatic carbocycles. The number of carbonyl (C=O) groups is 1. The van der Waals surface area contributed by atoms with Gasteiger partial charge in [0.25, 0.3) is 0 Å². The van der Waals surface area contributed by atoms with E-state index in [4.69, 9.17) is 4.74 Å². The van der Waals surface area contributed by atoms with Crippen LogP contribution in [0, 0.1) is 5.41 Å². The highest BCUT2D eigenvalue weighted by Crippen LogP contribution is 2.24. The topological polar surface area (TPSA) is 35.5 Å². The summed E-state index contributed by atoms with van der Waals surface area (Å²) in [6.07, 6.45) is 0.125. The van der Waals surface area contributed by atoms with Gasteiger partial charge in [-0.25, -0.2) is 4.79 Å². The molecule has 0 fully saturated rings. The predicted molar refractivity (Wildman–Crippen MR) is 47.0 cm³/mol. The molecular weight excluding hydrogens is 156 g/mol. The molecule has 0 aliphatic rings. The van der Waals surface area contributed by atoms with E-state index in [1.165, 1.54) is 7.11 Å². The fourth-order valence-electron chi connectivity index (χ4n) is 1.04. The highest BCUT2D eigenvalue weighted by Gasteiger charge is 2.26. The monoisotopic (exact) mass is 174 g/mol. The van der Waals surface area contributed by atoms with E-state index in [0.717, 1.165) is 6.42 Å². The van der Waals surface area contributed by atoms with E-state index in [1.807, 2.05) is 27.7 Å². The minimum absolute atomic E-state index is 0.0249. The number of rotatable bonds is 2. The van der Waals surface area contributed by atoms with Crippen molar-refractivity contribution in [3.63, 3.8) is 0 Å². The lowest BCUT2D eigenvalue weighted by atomic mass is 9.87. The summed E-state index contributed by atoms with van der Waals surface area (Å²) in [5.74, 6) is 0. The van der Waals surface area contributed by atoms with Gasteiger partial charge in [-0.05, 0) is 11.8 Å². The largest absolute Gasteiger partial charge is 0.508 e. The lowest BCUT2D eigenvalue weighted by molar-refractivity contribution is -0.00983. The predicted octanol–water partition coefficient (Wildman–Crippen LogP) is 2.59. The van der Waals surface area contributed by atoms with Gasteiger partial charge in [-0.2, -0.15) is 0 Å². The molecule has 0 aromatic heterocycles. The molecule has 12 heavy (non-hydrogen) atoms. The van der Waals surface area contributed by atoms with Crippen LogP contribution in [0.15, 0.2) is 0 Å². The molecule has 0 amide bonds. The molecule has 0 aromatic rings. The summed E-state index contributed by atoms with van der Waals surface area (Å²) in [6.45, 7) is 8.08. The Morgan fingerprint density at radius 1 is 1.42 bits per heavy atom. The second kappa shape index (κ2) is 4.33. The van der Waals surface area contributed by atoms with E-state index >= 15 is 0 Å². The molecular formula is C9H18O3.